The van der Waals surface area contributed by atoms with E-state index in [2.05, 4.69) is 5.32 Å². The lowest BCUT2D eigenvalue weighted by molar-refractivity contribution is -0.384. The summed E-state index contributed by atoms with van der Waals surface area (Å²) < 4.78 is 5.45. The Bertz CT molecular complexity index is 537. The number of non-ortho nitro benzene ring substituents is 1. The van der Waals surface area contributed by atoms with Crippen LogP contribution in [0.4, 0.5) is 11.4 Å². The van der Waals surface area contributed by atoms with Gasteiger partial charge in [-0.3, -0.25) is 14.9 Å². The number of nitro benzene ring substituents is 1. The zero-order valence-corrected chi connectivity index (χ0v) is 11.3. The molecule has 1 amide bonds. The largest absolute Gasteiger partial charge is 0.364 e. The molecule has 1 aliphatic heterocycles. The molecule has 0 aliphatic carbocycles. The lowest BCUT2D eigenvalue weighted by Gasteiger charge is -2.13. The van der Waals surface area contributed by atoms with Crippen molar-refractivity contribution in [3.8, 4) is 0 Å². The molecule has 3 N–H and O–H groups in total. The van der Waals surface area contributed by atoms with Gasteiger partial charge in [0.2, 0.25) is 0 Å². The fraction of sp³-hybridized carbons (Fsp3) is 0.417. The van der Waals surface area contributed by atoms with Crippen molar-refractivity contribution >= 4 is 28.9 Å². The average molecular weight is 300 g/mol. The van der Waals surface area contributed by atoms with E-state index >= 15 is 0 Å². The van der Waals surface area contributed by atoms with Gasteiger partial charge in [0.15, 0.2) is 0 Å². The molecule has 2 atom stereocenters. The number of carbonyl (C=O) groups excluding carboxylic acids is 1. The number of rotatable bonds is 4. The van der Waals surface area contributed by atoms with E-state index in [1.807, 2.05) is 0 Å². The highest BCUT2D eigenvalue weighted by atomic mass is 35.5. The fourth-order valence-corrected chi connectivity index (χ4v) is 2.17. The quantitative estimate of drug-likeness (QED) is 0.650. The summed E-state index contributed by atoms with van der Waals surface area (Å²) in [7, 11) is 0. The maximum absolute atomic E-state index is 12.0. The van der Waals surface area contributed by atoms with E-state index in [9.17, 15) is 14.9 Å². The number of nitrogens with zero attached hydrogens (tertiary/aromatic N) is 1. The van der Waals surface area contributed by atoms with Gasteiger partial charge < -0.3 is 15.8 Å². The van der Waals surface area contributed by atoms with Crippen molar-refractivity contribution in [3.05, 3.63) is 33.3 Å². The van der Waals surface area contributed by atoms with Crippen molar-refractivity contribution in [2.24, 2.45) is 5.73 Å². The summed E-state index contributed by atoms with van der Waals surface area (Å²) in [6.07, 6.45) is 0.572. The normalized spacial score (nSPS) is 21.7. The first-order chi connectivity index (χ1) is 9.51. The Morgan fingerprint density at radius 2 is 2.30 bits per heavy atom. The van der Waals surface area contributed by atoms with Crippen LogP contribution in [0.5, 0.6) is 0 Å². The minimum Gasteiger partial charge on any atom is -0.364 e. The Hall–Kier alpha value is -1.70. The fourth-order valence-electron chi connectivity index (χ4n) is 2.01. The van der Waals surface area contributed by atoms with Gasteiger partial charge >= 0.3 is 0 Å². The number of amides is 1. The van der Waals surface area contributed by atoms with Crippen molar-refractivity contribution in [1.82, 2.24) is 0 Å². The summed E-state index contributed by atoms with van der Waals surface area (Å²) in [4.78, 5) is 22.2. The molecule has 108 valence electrons. The number of nitrogens with one attached hydrogen (secondary N) is 1. The molecule has 1 heterocycles. The zero-order chi connectivity index (χ0) is 14.7. The van der Waals surface area contributed by atoms with E-state index in [1.54, 1.807) is 0 Å². The molecule has 0 radical (unpaired) electrons. The van der Waals surface area contributed by atoms with Crippen molar-refractivity contribution in [2.75, 3.05) is 11.9 Å². The van der Waals surface area contributed by atoms with E-state index in [4.69, 9.17) is 22.1 Å². The topological polar surface area (TPSA) is 107 Å². The van der Waals surface area contributed by atoms with Crippen LogP contribution < -0.4 is 11.1 Å². The standard InChI is InChI=1S/C12H14ClN3O4/c13-9-3-1-7(16(18)19)5-10(9)15-12(17)11-4-2-8(6-14)20-11/h1,3,5,8,11H,2,4,6,14H2,(H,15,17). The summed E-state index contributed by atoms with van der Waals surface area (Å²) in [6.45, 7) is 0.362. The molecule has 0 saturated carbocycles. The van der Waals surface area contributed by atoms with Crippen LogP contribution in [-0.4, -0.2) is 29.6 Å². The van der Waals surface area contributed by atoms with Crippen LogP contribution >= 0.6 is 11.6 Å². The molecule has 8 heteroatoms. The first kappa shape index (κ1) is 14.7. The molecule has 1 saturated heterocycles. The lowest BCUT2D eigenvalue weighted by atomic mass is 10.2. The molecule has 2 rings (SSSR count). The number of halogens is 1. The Morgan fingerprint density at radius 1 is 1.55 bits per heavy atom. The highest BCUT2D eigenvalue weighted by Crippen LogP contribution is 2.28. The number of benzene rings is 1. The highest BCUT2D eigenvalue weighted by Gasteiger charge is 2.30. The Morgan fingerprint density at radius 3 is 2.90 bits per heavy atom. The van der Waals surface area contributed by atoms with Crippen LogP contribution in [0.25, 0.3) is 0 Å². The van der Waals surface area contributed by atoms with E-state index in [1.165, 1.54) is 18.2 Å². The van der Waals surface area contributed by atoms with Crippen LogP contribution in [0.3, 0.4) is 0 Å². The maximum Gasteiger partial charge on any atom is 0.271 e. The minimum atomic E-state index is -0.598. The monoisotopic (exact) mass is 299 g/mol. The Labute approximate surface area is 120 Å². The maximum atomic E-state index is 12.0. The van der Waals surface area contributed by atoms with Crippen molar-refractivity contribution in [2.45, 2.75) is 25.0 Å². The second-order valence-electron chi connectivity index (χ2n) is 4.47. The summed E-state index contributed by atoms with van der Waals surface area (Å²) in [5.74, 6) is -0.372. The van der Waals surface area contributed by atoms with Gasteiger partial charge in [0.05, 0.1) is 21.7 Å². The van der Waals surface area contributed by atoms with Gasteiger partial charge in [-0.2, -0.15) is 0 Å². The summed E-state index contributed by atoms with van der Waals surface area (Å²) in [5, 5.41) is 13.5. The van der Waals surface area contributed by atoms with Gasteiger partial charge in [0, 0.05) is 18.7 Å². The van der Waals surface area contributed by atoms with Gasteiger partial charge in [-0.15, -0.1) is 0 Å². The third kappa shape index (κ3) is 3.24. The first-order valence-electron chi connectivity index (χ1n) is 6.11. The lowest BCUT2D eigenvalue weighted by Crippen LogP contribution is -2.29. The molecule has 1 aromatic rings. The number of nitro groups is 1. The van der Waals surface area contributed by atoms with Gasteiger partial charge in [-0.05, 0) is 18.9 Å². The molecule has 0 spiro atoms. The van der Waals surface area contributed by atoms with E-state index < -0.39 is 11.0 Å². The first-order valence-corrected chi connectivity index (χ1v) is 6.49. The average Bonchev–Trinajstić information content (AvgIpc) is 2.89. The molecule has 7 nitrogen and oxygen atoms in total. The predicted octanol–water partition coefficient (Wildman–Crippen LogP) is 1.69. The van der Waals surface area contributed by atoms with E-state index in [-0.39, 0.29) is 28.4 Å². The number of anilines is 1. The molecular weight excluding hydrogens is 286 g/mol. The number of nitrogens with two attached hydrogens (primary N) is 1. The third-order valence-electron chi connectivity index (χ3n) is 3.08. The SMILES string of the molecule is NCC1CCC(C(=O)Nc2cc([N+](=O)[O-])ccc2Cl)O1. The highest BCUT2D eigenvalue weighted by molar-refractivity contribution is 6.33. The van der Waals surface area contributed by atoms with Gasteiger partial charge in [-0.25, -0.2) is 0 Å². The molecule has 1 fully saturated rings. The van der Waals surface area contributed by atoms with Crippen LogP contribution in [0, 0.1) is 10.1 Å². The minimum absolute atomic E-state index is 0.119. The van der Waals surface area contributed by atoms with Crippen molar-refractivity contribution in [1.29, 1.82) is 0 Å². The molecule has 20 heavy (non-hydrogen) atoms. The van der Waals surface area contributed by atoms with Crippen LogP contribution in [0.15, 0.2) is 18.2 Å². The van der Waals surface area contributed by atoms with Gasteiger partial charge in [-0.1, -0.05) is 11.6 Å². The molecule has 1 aromatic carbocycles. The summed E-state index contributed by atoms with van der Waals surface area (Å²) >= 11 is 5.91. The molecule has 0 aromatic heterocycles. The molecule has 0 bridgehead atoms. The van der Waals surface area contributed by atoms with Crippen LogP contribution in [0.2, 0.25) is 5.02 Å². The summed E-state index contributed by atoms with van der Waals surface area (Å²) in [5.41, 5.74) is 5.53. The molecule has 2 unspecified atom stereocenters. The Balaban J connectivity index is 2.08. The molecular formula is C12H14ClN3O4. The van der Waals surface area contributed by atoms with Crippen molar-refractivity contribution < 1.29 is 14.5 Å². The second kappa shape index (κ2) is 6.17. The second-order valence-corrected chi connectivity index (χ2v) is 4.88. The van der Waals surface area contributed by atoms with Gasteiger partial charge in [0.1, 0.15) is 6.10 Å². The van der Waals surface area contributed by atoms with E-state index in [0.717, 1.165) is 6.42 Å². The number of hydrogen-bond donors (Lipinski definition) is 2. The number of hydrogen-bond acceptors (Lipinski definition) is 5. The number of ether oxygens (including phenoxy) is 1. The zero-order valence-electron chi connectivity index (χ0n) is 10.5. The van der Waals surface area contributed by atoms with Gasteiger partial charge in [0.25, 0.3) is 11.6 Å². The van der Waals surface area contributed by atoms with Crippen molar-refractivity contribution in [3.63, 3.8) is 0 Å². The third-order valence-corrected chi connectivity index (χ3v) is 3.41. The molecule has 1 aliphatic rings. The summed E-state index contributed by atoms with van der Waals surface area (Å²) in [6, 6.07) is 3.86. The predicted molar refractivity (Wildman–Crippen MR) is 73.7 cm³/mol. The van der Waals surface area contributed by atoms with Crippen LogP contribution in [-0.2, 0) is 9.53 Å². The number of carbonyl (C=O) groups is 1. The van der Waals surface area contributed by atoms with Crippen LogP contribution in [0.1, 0.15) is 12.8 Å². The Kier molecular flexibility index (Phi) is 4.53. The smallest absolute Gasteiger partial charge is 0.271 e. The van der Waals surface area contributed by atoms with E-state index in [0.29, 0.717) is 13.0 Å².